The Hall–Kier alpha value is -2.95. The normalized spacial score (nSPS) is 13.1. The minimum absolute atomic E-state index is 0.0605. The third-order valence-corrected chi connectivity index (χ3v) is 7.18. The highest BCUT2D eigenvalue weighted by Crippen LogP contribution is 2.24. The highest BCUT2D eigenvalue weighted by Gasteiger charge is 2.19. The highest BCUT2D eigenvalue weighted by molar-refractivity contribution is 7.91. The van der Waals surface area contributed by atoms with Crippen molar-refractivity contribution >= 4 is 27.4 Å². The van der Waals surface area contributed by atoms with Crippen LogP contribution in [-0.2, 0) is 25.9 Å². The molecule has 0 aliphatic carbocycles. The minimum Gasteiger partial charge on any atom is -0.395 e. The fourth-order valence-corrected chi connectivity index (χ4v) is 4.78. The van der Waals surface area contributed by atoms with E-state index in [9.17, 15) is 23.4 Å². The van der Waals surface area contributed by atoms with Crippen LogP contribution < -0.4 is 10.2 Å². The Morgan fingerprint density at radius 2 is 1.66 bits per heavy atom. The standard InChI is InChI=1S/C25H26ClNO7S/c1-17(29)33-34-22-7-11-24(12-8-22)35(31,32)23-9-5-18(6-10-23)13-21(16-28)27-15-25(30)19-3-2-4-20(26)14-19/h2-12,14,21,25,27-28,30H,13,15-16H2,1H3/t21-,25-/m0/s1. The molecule has 3 N–H and O–H groups in total. The molecular formula is C25H26ClNO7S. The number of aliphatic hydroxyl groups is 2. The van der Waals surface area contributed by atoms with Crippen LogP contribution >= 0.6 is 11.6 Å². The van der Waals surface area contributed by atoms with Crippen LogP contribution in [0.4, 0.5) is 0 Å². The Morgan fingerprint density at radius 3 is 2.23 bits per heavy atom. The molecule has 0 saturated carbocycles. The van der Waals surface area contributed by atoms with Gasteiger partial charge >= 0.3 is 5.97 Å². The second-order valence-corrected chi connectivity index (χ2v) is 10.2. The summed E-state index contributed by atoms with van der Waals surface area (Å²) in [5.74, 6) is -0.435. The number of aliphatic hydroxyl groups excluding tert-OH is 2. The Kier molecular flexibility index (Phi) is 9.25. The number of halogens is 1. The van der Waals surface area contributed by atoms with Crippen LogP contribution in [0.15, 0.2) is 82.6 Å². The van der Waals surface area contributed by atoms with E-state index < -0.39 is 21.9 Å². The summed E-state index contributed by atoms with van der Waals surface area (Å²) in [5, 5.41) is 23.8. The van der Waals surface area contributed by atoms with Crippen LogP contribution in [-0.4, -0.2) is 43.8 Å². The average molecular weight is 520 g/mol. The van der Waals surface area contributed by atoms with Gasteiger partial charge in [0, 0.05) is 24.5 Å². The molecule has 35 heavy (non-hydrogen) atoms. The molecule has 0 spiro atoms. The monoisotopic (exact) mass is 519 g/mol. The van der Waals surface area contributed by atoms with Gasteiger partial charge < -0.3 is 15.5 Å². The minimum atomic E-state index is -3.77. The summed E-state index contributed by atoms with van der Waals surface area (Å²) >= 11 is 5.96. The number of nitrogens with one attached hydrogen (secondary N) is 1. The van der Waals surface area contributed by atoms with Gasteiger partial charge in [0.15, 0.2) is 5.75 Å². The summed E-state index contributed by atoms with van der Waals surface area (Å²) < 4.78 is 25.8. The lowest BCUT2D eigenvalue weighted by molar-refractivity contribution is -0.210. The molecule has 0 radical (unpaired) electrons. The summed E-state index contributed by atoms with van der Waals surface area (Å²) in [7, 11) is -3.77. The summed E-state index contributed by atoms with van der Waals surface area (Å²) in [6.07, 6.45) is -0.359. The molecule has 3 rings (SSSR count). The molecule has 0 aliphatic heterocycles. The summed E-state index contributed by atoms with van der Waals surface area (Å²) in [6, 6.07) is 18.5. The predicted octanol–water partition coefficient (Wildman–Crippen LogP) is 3.26. The number of carbonyl (C=O) groups is 1. The van der Waals surface area contributed by atoms with Gasteiger partial charge in [-0.3, -0.25) is 9.78 Å². The predicted molar refractivity (Wildman–Crippen MR) is 130 cm³/mol. The van der Waals surface area contributed by atoms with Gasteiger partial charge in [0.25, 0.3) is 0 Å². The largest absolute Gasteiger partial charge is 0.395 e. The molecule has 186 valence electrons. The molecule has 3 aromatic rings. The first kappa shape index (κ1) is 26.7. The number of carbonyl (C=O) groups excluding carboxylic acids is 1. The smallest absolute Gasteiger partial charge is 0.352 e. The van der Waals surface area contributed by atoms with Crippen molar-refractivity contribution in [2.75, 3.05) is 13.2 Å². The molecule has 0 amide bonds. The van der Waals surface area contributed by atoms with Crippen LogP contribution in [0, 0.1) is 0 Å². The Balaban J connectivity index is 1.61. The average Bonchev–Trinajstić information content (AvgIpc) is 2.85. The first-order valence-corrected chi connectivity index (χ1v) is 12.6. The van der Waals surface area contributed by atoms with Crippen LogP contribution in [0.3, 0.4) is 0 Å². The van der Waals surface area contributed by atoms with Gasteiger partial charge in [-0.2, -0.15) is 0 Å². The topological polar surface area (TPSA) is 122 Å². The molecule has 0 saturated heterocycles. The van der Waals surface area contributed by atoms with Gasteiger partial charge in [0.1, 0.15) is 0 Å². The van der Waals surface area contributed by atoms with Crippen LogP contribution in [0.2, 0.25) is 5.02 Å². The first-order chi connectivity index (χ1) is 16.7. The fraction of sp³-hybridized carbons (Fsp3) is 0.240. The Bertz CT molecular complexity index is 1230. The number of benzene rings is 3. The van der Waals surface area contributed by atoms with Crippen molar-refractivity contribution in [3.05, 3.63) is 88.9 Å². The third kappa shape index (κ3) is 7.51. The van der Waals surface area contributed by atoms with Crippen molar-refractivity contribution in [2.45, 2.75) is 35.3 Å². The number of rotatable bonds is 11. The van der Waals surface area contributed by atoms with Gasteiger partial charge in [-0.1, -0.05) is 35.9 Å². The van der Waals surface area contributed by atoms with E-state index >= 15 is 0 Å². The molecule has 0 heterocycles. The second-order valence-electron chi connectivity index (χ2n) is 7.84. The molecule has 3 aromatic carbocycles. The van der Waals surface area contributed by atoms with E-state index in [1.54, 1.807) is 36.4 Å². The quantitative estimate of drug-likeness (QED) is 0.261. The second kappa shape index (κ2) is 12.1. The molecule has 10 heteroatoms. The van der Waals surface area contributed by atoms with Gasteiger partial charge in [-0.15, -0.1) is 0 Å². The highest BCUT2D eigenvalue weighted by atomic mass is 35.5. The lowest BCUT2D eigenvalue weighted by atomic mass is 10.1. The number of hydrogen-bond acceptors (Lipinski definition) is 8. The van der Waals surface area contributed by atoms with E-state index in [1.165, 1.54) is 43.3 Å². The lowest BCUT2D eigenvalue weighted by Gasteiger charge is -2.19. The van der Waals surface area contributed by atoms with Gasteiger partial charge in [0.05, 0.1) is 22.5 Å². The third-order valence-electron chi connectivity index (χ3n) is 5.16. The van der Waals surface area contributed by atoms with Crippen molar-refractivity contribution < 1.29 is 33.2 Å². The molecule has 0 unspecified atom stereocenters. The van der Waals surface area contributed by atoms with Crippen molar-refractivity contribution in [1.29, 1.82) is 0 Å². The van der Waals surface area contributed by atoms with E-state index in [2.05, 4.69) is 10.2 Å². The first-order valence-electron chi connectivity index (χ1n) is 10.8. The molecule has 0 aliphatic rings. The molecule has 0 aromatic heterocycles. The van der Waals surface area contributed by atoms with E-state index in [0.717, 1.165) is 5.56 Å². The molecular weight excluding hydrogens is 494 g/mol. The van der Waals surface area contributed by atoms with Gasteiger partial charge in [-0.05, 0) is 66.1 Å². The number of hydrogen-bond donors (Lipinski definition) is 3. The fourth-order valence-electron chi connectivity index (χ4n) is 3.32. The van der Waals surface area contributed by atoms with Crippen molar-refractivity contribution in [2.24, 2.45) is 0 Å². The maximum atomic E-state index is 12.9. The number of sulfone groups is 1. The Morgan fingerprint density at radius 1 is 1.03 bits per heavy atom. The van der Waals surface area contributed by atoms with Crippen LogP contribution in [0.5, 0.6) is 5.75 Å². The summed E-state index contributed by atoms with van der Waals surface area (Å²) in [4.78, 5) is 20.2. The molecule has 0 bridgehead atoms. The van der Waals surface area contributed by atoms with Crippen molar-refractivity contribution in [1.82, 2.24) is 5.32 Å². The van der Waals surface area contributed by atoms with Crippen LogP contribution in [0.25, 0.3) is 0 Å². The van der Waals surface area contributed by atoms with Crippen molar-refractivity contribution in [3.8, 4) is 5.75 Å². The molecule has 2 atom stereocenters. The van der Waals surface area contributed by atoms with E-state index in [4.69, 9.17) is 16.5 Å². The van der Waals surface area contributed by atoms with E-state index in [-0.39, 0.29) is 34.7 Å². The Labute approximate surface area is 208 Å². The SMILES string of the molecule is CC(=O)OOc1ccc(S(=O)(=O)c2ccc(C[C@@H](CO)NC[C@H](O)c3cccc(Cl)c3)cc2)cc1. The zero-order valence-corrected chi connectivity index (χ0v) is 20.5. The summed E-state index contributed by atoms with van der Waals surface area (Å²) in [5.41, 5.74) is 1.49. The molecule has 8 nitrogen and oxygen atoms in total. The zero-order chi connectivity index (χ0) is 25.4. The van der Waals surface area contributed by atoms with E-state index in [0.29, 0.717) is 17.0 Å². The lowest BCUT2D eigenvalue weighted by Crippen LogP contribution is -2.37. The zero-order valence-electron chi connectivity index (χ0n) is 18.9. The summed E-state index contributed by atoms with van der Waals surface area (Å²) in [6.45, 7) is 1.24. The van der Waals surface area contributed by atoms with Crippen molar-refractivity contribution in [3.63, 3.8) is 0 Å². The van der Waals surface area contributed by atoms with E-state index in [1.807, 2.05) is 0 Å². The van der Waals surface area contributed by atoms with Gasteiger partial charge in [-0.25, -0.2) is 13.2 Å². The molecule has 0 fully saturated rings. The maximum Gasteiger partial charge on any atom is 0.352 e. The maximum absolute atomic E-state index is 12.9. The van der Waals surface area contributed by atoms with Crippen LogP contribution in [0.1, 0.15) is 24.2 Å². The van der Waals surface area contributed by atoms with Gasteiger partial charge in [0.2, 0.25) is 9.84 Å².